The van der Waals surface area contributed by atoms with Crippen molar-refractivity contribution in [3.63, 3.8) is 0 Å². The predicted molar refractivity (Wildman–Crippen MR) is 49.5 cm³/mol. The van der Waals surface area contributed by atoms with Gasteiger partial charge in [0.05, 0.1) is 31.7 Å². The first kappa shape index (κ1) is 26.5. The van der Waals surface area contributed by atoms with Crippen LogP contribution in [0.15, 0.2) is 25.3 Å². The Kier molecular flexibility index (Phi) is 22.1. The normalized spacial score (nSPS) is 9.62. The van der Waals surface area contributed by atoms with Gasteiger partial charge in [-0.1, -0.05) is 12.2 Å². The van der Waals surface area contributed by atoms with Crippen molar-refractivity contribution in [2.45, 2.75) is 0 Å². The van der Waals surface area contributed by atoms with Gasteiger partial charge >= 0.3 is 80.9 Å². The summed E-state index contributed by atoms with van der Waals surface area (Å²) in [5.41, 5.74) is 0. The summed E-state index contributed by atoms with van der Waals surface area (Å²) in [5.74, 6) is -0.958. The molecule has 0 fully saturated rings. The average molecular weight is 304 g/mol. The molecule has 0 radical (unpaired) electrons. The van der Waals surface area contributed by atoms with E-state index in [9.17, 15) is 25.9 Å². The van der Waals surface area contributed by atoms with Gasteiger partial charge in [-0.05, 0) is 0 Å². The molecule has 0 aromatic rings. The van der Waals surface area contributed by atoms with Crippen LogP contribution in [0.3, 0.4) is 0 Å². The number of hydrogen-bond donors (Lipinski definition) is 0. The topological polar surface area (TPSA) is 114 Å². The van der Waals surface area contributed by atoms with Crippen LogP contribution in [-0.4, -0.2) is 37.4 Å². The van der Waals surface area contributed by atoms with E-state index in [1.165, 1.54) is 0 Å². The molecule has 6 nitrogen and oxygen atoms in total. The maximum absolute atomic E-state index is 9.60. The second kappa shape index (κ2) is 13.4. The van der Waals surface area contributed by atoms with Gasteiger partial charge in [0, 0.05) is 0 Å². The Morgan fingerprint density at radius 2 is 1.06 bits per heavy atom. The van der Waals surface area contributed by atoms with Gasteiger partial charge in [0.15, 0.2) is 0 Å². The third-order valence-electron chi connectivity index (χ3n) is 0.644. The molecular formula is C6H10KNaO6S2. The Bertz CT molecular complexity index is 336. The summed E-state index contributed by atoms with van der Waals surface area (Å²) in [5, 5.41) is 0. The van der Waals surface area contributed by atoms with Crippen LogP contribution in [0, 0.1) is 0 Å². The molecule has 0 heterocycles. The van der Waals surface area contributed by atoms with Crippen LogP contribution in [0.25, 0.3) is 0 Å². The molecule has 0 aliphatic rings. The molecule has 0 saturated carbocycles. The Labute approximate surface area is 161 Å². The summed E-state index contributed by atoms with van der Waals surface area (Å²) in [6.07, 6.45) is 2.12. The first-order valence-corrected chi connectivity index (χ1v) is 6.37. The summed E-state index contributed by atoms with van der Waals surface area (Å²) in [6, 6.07) is 0. The number of hydrogen-bond acceptors (Lipinski definition) is 6. The van der Waals surface area contributed by atoms with E-state index in [0.717, 1.165) is 12.2 Å². The molecule has 0 atom stereocenters. The molecule has 0 rings (SSSR count). The van der Waals surface area contributed by atoms with E-state index in [4.69, 9.17) is 0 Å². The van der Waals surface area contributed by atoms with Crippen molar-refractivity contribution in [1.29, 1.82) is 0 Å². The molecule has 0 bridgehead atoms. The molecule has 0 aliphatic heterocycles. The Hall–Kier alpha value is 1.94. The minimum atomic E-state index is -4.04. The van der Waals surface area contributed by atoms with Gasteiger partial charge in [-0.25, -0.2) is 16.8 Å². The minimum Gasteiger partial charge on any atom is -0.748 e. The summed E-state index contributed by atoms with van der Waals surface area (Å²) < 4.78 is 57.6. The SMILES string of the molecule is C=CCS(=O)(=O)[O-].C=CCS(=O)(=O)[O-].[K+].[Na+]. The molecule has 0 aromatic carbocycles. The number of rotatable bonds is 4. The molecule has 0 spiro atoms. The molecule has 84 valence electrons. The first-order valence-electron chi connectivity index (χ1n) is 3.21. The van der Waals surface area contributed by atoms with Crippen molar-refractivity contribution < 1.29 is 107 Å². The first-order chi connectivity index (χ1) is 6.12. The summed E-state index contributed by atoms with van der Waals surface area (Å²) in [7, 11) is -8.08. The molecule has 0 aromatic heterocycles. The van der Waals surface area contributed by atoms with Crippen molar-refractivity contribution >= 4 is 20.2 Å². The van der Waals surface area contributed by atoms with E-state index in [2.05, 4.69) is 13.2 Å². The zero-order valence-electron chi connectivity index (χ0n) is 9.25. The summed E-state index contributed by atoms with van der Waals surface area (Å²) in [4.78, 5) is 0. The molecule has 0 amide bonds. The standard InChI is InChI=1S/2C3H6O3S.K.Na/c2*1-2-3-7(4,5)6;;/h2*2H,1,3H2,(H,4,5,6);;/q;;2*+1/p-2. The molecule has 0 N–H and O–H groups in total. The van der Waals surface area contributed by atoms with Crippen molar-refractivity contribution in [2.24, 2.45) is 0 Å². The van der Waals surface area contributed by atoms with Gasteiger partial charge in [-0.15, -0.1) is 13.2 Å². The fourth-order valence-corrected chi connectivity index (χ4v) is 0.866. The molecular weight excluding hydrogens is 294 g/mol. The second-order valence-corrected chi connectivity index (χ2v) is 4.92. The fraction of sp³-hybridized carbons (Fsp3) is 0.333. The third-order valence-corrected chi connectivity index (χ3v) is 1.93. The van der Waals surface area contributed by atoms with Gasteiger partial charge < -0.3 is 9.11 Å². The van der Waals surface area contributed by atoms with Crippen LogP contribution in [0.2, 0.25) is 0 Å². The van der Waals surface area contributed by atoms with Crippen LogP contribution < -0.4 is 80.9 Å². The largest absolute Gasteiger partial charge is 1.00 e. The van der Waals surface area contributed by atoms with Gasteiger partial charge in [0.25, 0.3) is 0 Å². The van der Waals surface area contributed by atoms with Crippen molar-refractivity contribution in [2.75, 3.05) is 11.5 Å². The van der Waals surface area contributed by atoms with E-state index in [0.29, 0.717) is 0 Å². The van der Waals surface area contributed by atoms with Crippen LogP contribution in [0.1, 0.15) is 0 Å². The maximum Gasteiger partial charge on any atom is 1.00 e. The molecule has 0 unspecified atom stereocenters. The Morgan fingerprint density at radius 3 is 1.06 bits per heavy atom. The second-order valence-electron chi connectivity index (χ2n) is 2.03. The quantitative estimate of drug-likeness (QED) is 0.290. The summed E-state index contributed by atoms with van der Waals surface area (Å²) >= 11 is 0. The molecule has 0 aliphatic carbocycles. The molecule has 0 saturated heterocycles. The van der Waals surface area contributed by atoms with Gasteiger partial charge in [0.2, 0.25) is 0 Å². The smallest absolute Gasteiger partial charge is 0.748 e. The zero-order valence-corrected chi connectivity index (χ0v) is 16.0. The molecule has 16 heavy (non-hydrogen) atoms. The fourth-order valence-electron chi connectivity index (χ4n) is 0.289. The average Bonchev–Trinajstić information content (AvgIpc) is 1.81. The summed E-state index contributed by atoms with van der Waals surface area (Å²) in [6.45, 7) is 6.13. The monoisotopic (exact) mass is 304 g/mol. The van der Waals surface area contributed by atoms with Gasteiger partial charge in [0.1, 0.15) is 0 Å². The van der Waals surface area contributed by atoms with E-state index in [-0.39, 0.29) is 80.9 Å². The van der Waals surface area contributed by atoms with Gasteiger partial charge in [-0.2, -0.15) is 0 Å². The van der Waals surface area contributed by atoms with E-state index in [1.54, 1.807) is 0 Å². The third kappa shape index (κ3) is 36.0. The molecule has 10 heteroatoms. The van der Waals surface area contributed by atoms with E-state index >= 15 is 0 Å². The van der Waals surface area contributed by atoms with Crippen molar-refractivity contribution in [3.8, 4) is 0 Å². The maximum atomic E-state index is 9.60. The van der Waals surface area contributed by atoms with E-state index in [1.807, 2.05) is 0 Å². The van der Waals surface area contributed by atoms with Gasteiger partial charge in [-0.3, -0.25) is 0 Å². The van der Waals surface area contributed by atoms with Crippen molar-refractivity contribution in [3.05, 3.63) is 25.3 Å². The minimum absolute atomic E-state index is 0. The van der Waals surface area contributed by atoms with Crippen molar-refractivity contribution in [1.82, 2.24) is 0 Å². The zero-order chi connectivity index (χ0) is 11.8. The van der Waals surface area contributed by atoms with Crippen LogP contribution in [-0.2, 0) is 20.2 Å². The predicted octanol–water partition coefficient (Wildman–Crippen LogP) is -6.56. The van der Waals surface area contributed by atoms with Crippen LogP contribution in [0.4, 0.5) is 0 Å². The Morgan fingerprint density at radius 1 is 0.875 bits per heavy atom. The van der Waals surface area contributed by atoms with Crippen LogP contribution >= 0.6 is 0 Å². The van der Waals surface area contributed by atoms with E-state index < -0.39 is 31.7 Å². The Balaban J connectivity index is -0.0000000800. The van der Waals surface area contributed by atoms with Crippen LogP contribution in [0.5, 0.6) is 0 Å².